The van der Waals surface area contributed by atoms with Crippen molar-refractivity contribution in [2.24, 2.45) is 5.92 Å². The van der Waals surface area contributed by atoms with E-state index in [2.05, 4.69) is 10.6 Å². The number of amides is 2. The van der Waals surface area contributed by atoms with E-state index in [4.69, 9.17) is 9.47 Å². The van der Waals surface area contributed by atoms with Crippen LogP contribution in [0.5, 0.6) is 5.75 Å². The fourth-order valence-electron chi connectivity index (χ4n) is 2.80. The second-order valence-electron chi connectivity index (χ2n) is 6.91. The highest BCUT2D eigenvalue weighted by atomic mass is 16.5. The number of rotatable bonds is 7. The number of ether oxygens (including phenoxy) is 2. The number of esters is 1. The maximum Gasteiger partial charge on any atom is 0.337 e. The van der Waals surface area contributed by atoms with E-state index in [-0.39, 0.29) is 11.8 Å². The van der Waals surface area contributed by atoms with Crippen molar-refractivity contribution in [1.82, 2.24) is 5.32 Å². The van der Waals surface area contributed by atoms with Gasteiger partial charge in [-0.05, 0) is 42.7 Å². The lowest BCUT2D eigenvalue weighted by Crippen LogP contribution is -2.47. The van der Waals surface area contributed by atoms with Crippen molar-refractivity contribution in [3.05, 3.63) is 59.2 Å². The van der Waals surface area contributed by atoms with E-state index in [1.54, 1.807) is 42.5 Å². The van der Waals surface area contributed by atoms with Crippen LogP contribution in [0.4, 0.5) is 5.69 Å². The highest BCUT2D eigenvalue weighted by Crippen LogP contribution is 2.20. The topological polar surface area (TPSA) is 93.7 Å². The first-order chi connectivity index (χ1) is 13.8. The van der Waals surface area contributed by atoms with Crippen molar-refractivity contribution in [2.45, 2.75) is 26.8 Å². The minimum absolute atomic E-state index is 0.169. The van der Waals surface area contributed by atoms with Crippen molar-refractivity contribution >= 4 is 23.5 Å². The van der Waals surface area contributed by atoms with E-state index in [0.29, 0.717) is 22.6 Å². The minimum atomic E-state index is -0.784. The zero-order valence-electron chi connectivity index (χ0n) is 17.2. The molecule has 2 amide bonds. The van der Waals surface area contributed by atoms with Crippen molar-refractivity contribution in [1.29, 1.82) is 0 Å². The summed E-state index contributed by atoms with van der Waals surface area (Å²) in [6.07, 6.45) is 0. The maximum absolute atomic E-state index is 12.9. The van der Waals surface area contributed by atoms with Gasteiger partial charge in [0.25, 0.3) is 5.91 Å². The van der Waals surface area contributed by atoms with Gasteiger partial charge >= 0.3 is 5.97 Å². The molecule has 0 spiro atoms. The van der Waals surface area contributed by atoms with Gasteiger partial charge in [0.15, 0.2) is 0 Å². The number of hydrogen-bond donors (Lipinski definition) is 2. The molecule has 0 aliphatic carbocycles. The molecule has 0 unspecified atom stereocenters. The Bertz CT molecular complexity index is 908. The van der Waals surface area contributed by atoms with E-state index in [1.807, 2.05) is 20.8 Å². The lowest BCUT2D eigenvalue weighted by Gasteiger charge is -2.23. The predicted octanol–water partition coefficient (Wildman–Crippen LogP) is 3.18. The molecule has 0 radical (unpaired) electrons. The number of nitrogens with one attached hydrogen (secondary N) is 2. The average molecular weight is 398 g/mol. The lowest BCUT2D eigenvalue weighted by molar-refractivity contribution is -0.118. The molecule has 0 saturated carbocycles. The molecule has 1 atom stereocenters. The molecule has 2 rings (SSSR count). The molecule has 0 aliphatic rings. The number of aryl methyl sites for hydroxylation is 1. The summed E-state index contributed by atoms with van der Waals surface area (Å²) in [6.45, 7) is 5.49. The van der Waals surface area contributed by atoms with E-state index in [1.165, 1.54) is 14.2 Å². The third kappa shape index (κ3) is 5.34. The van der Waals surface area contributed by atoms with Crippen molar-refractivity contribution in [3.63, 3.8) is 0 Å². The number of para-hydroxylation sites is 1. The van der Waals surface area contributed by atoms with Crippen LogP contribution >= 0.6 is 0 Å². The second kappa shape index (κ2) is 9.73. The number of carbonyl (C=O) groups excluding carboxylic acids is 3. The zero-order valence-corrected chi connectivity index (χ0v) is 17.2. The monoisotopic (exact) mass is 398 g/mol. The summed E-state index contributed by atoms with van der Waals surface area (Å²) in [5.74, 6) is -1.03. The third-order valence-corrected chi connectivity index (χ3v) is 4.50. The number of methoxy groups -OCH3 is 2. The summed E-state index contributed by atoms with van der Waals surface area (Å²) in [6, 6.07) is 10.9. The summed E-state index contributed by atoms with van der Waals surface area (Å²) in [5, 5.41) is 5.58. The number of anilines is 1. The van der Waals surface area contributed by atoms with Gasteiger partial charge in [-0.1, -0.05) is 32.0 Å². The van der Waals surface area contributed by atoms with Crippen LogP contribution < -0.4 is 15.4 Å². The summed E-state index contributed by atoms with van der Waals surface area (Å²) in [7, 11) is 2.78. The largest absolute Gasteiger partial charge is 0.496 e. The molecule has 154 valence electrons. The summed E-state index contributed by atoms with van der Waals surface area (Å²) in [4.78, 5) is 37.4. The fraction of sp³-hybridized carbons (Fsp3) is 0.318. The Hall–Kier alpha value is -3.35. The highest BCUT2D eigenvalue weighted by Gasteiger charge is 2.26. The standard InChI is InChI=1S/C22H26N2O5/c1-13(2)19(24-20(25)16-8-6-7-9-18(16)28-4)21(26)23-17-12-15(22(27)29-5)11-10-14(17)3/h6-13,19H,1-5H3,(H,23,26)(H,24,25)/t19-/m0/s1. The maximum atomic E-state index is 12.9. The summed E-state index contributed by atoms with van der Waals surface area (Å²) in [5.41, 5.74) is 1.93. The van der Waals surface area contributed by atoms with Crippen molar-refractivity contribution < 1.29 is 23.9 Å². The lowest BCUT2D eigenvalue weighted by atomic mass is 10.0. The molecule has 2 N–H and O–H groups in total. The van der Waals surface area contributed by atoms with Gasteiger partial charge in [0.1, 0.15) is 11.8 Å². The second-order valence-corrected chi connectivity index (χ2v) is 6.91. The number of carbonyl (C=O) groups is 3. The molecule has 29 heavy (non-hydrogen) atoms. The zero-order chi connectivity index (χ0) is 21.6. The molecule has 0 aliphatic heterocycles. The Labute approximate surface area is 170 Å². The molecule has 7 nitrogen and oxygen atoms in total. The van der Waals surface area contributed by atoms with Gasteiger partial charge in [-0.25, -0.2) is 4.79 Å². The average Bonchev–Trinajstić information content (AvgIpc) is 2.72. The molecule has 0 fully saturated rings. The van der Waals surface area contributed by atoms with Crippen LogP contribution in [0.2, 0.25) is 0 Å². The van der Waals surface area contributed by atoms with Gasteiger partial charge in [0.05, 0.1) is 25.3 Å². The van der Waals surface area contributed by atoms with Crippen molar-refractivity contribution in [2.75, 3.05) is 19.5 Å². The Balaban J connectivity index is 2.22. The molecule has 0 saturated heterocycles. The summed E-state index contributed by atoms with van der Waals surface area (Å²) >= 11 is 0. The fourth-order valence-corrected chi connectivity index (χ4v) is 2.80. The van der Waals surface area contributed by atoms with Crippen LogP contribution in [-0.4, -0.2) is 38.0 Å². The molecule has 7 heteroatoms. The molecule has 0 bridgehead atoms. The van der Waals surface area contributed by atoms with E-state index in [9.17, 15) is 14.4 Å². The first-order valence-electron chi connectivity index (χ1n) is 9.22. The van der Waals surface area contributed by atoms with Gasteiger partial charge in [-0.2, -0.15) is 0 Å². The minimum Gasteiger partial charge on any atom is -0.496 e. The Morgan fingerprint density at radius 1 is 1.00 bits per heavy atom. The molecule has 0 aromatic heterocycles. The van der Waals surface area contributed by atoms with Gasteiger partial charge in [-0.15, -0.1) is 0 Å². The van der Waals surface area contributed by atoms with E-state index >= 15 is 0 Å². The quantitative estimate of drug-likeness (QED) is 0.699. The van der Waals surface area contributed by atoms with Crippen LogP contribution in [0, 0.1) is 12.8 Å². The van der Waals surface area contributed by atoms with E-state index in [0.717, 1.165) is 5.56 Å². The highest BCUT2D eigenvalue weighted by molar-refractivity contribution is 6.03. The molecule has 2 aromatic carbocycles. The molecular weight excluding hydrogens is 372 g/mol. The normalized spacial score (nSPS) is 11.5. The van der Waals surface area contributed by atoms with Gasteiger partial charge in [0.2, 0.25) is 5.91 Å². The van der Waals surface area contributed by atoms with Crippen LogP contribution in [-0.2, 0) is 9.53 Å². The molecule has 0 heterocycles. The van der Waals surface area contributed by atoms with Crippen LogP contribution in [0.25, 0.3) is 0 Å². The first-order valence-corrected chi connectivity index (χ1v) is 9.22. The predicted molar refractivity (Wildman–Crippen MR) is 110 cm³/mol. The Morgan fingerprint density at radius 2 is 1.69 bits per heavy atom. The molecule has 2 aromatic rings. The number of hydrogen-bond acceptors (Lipinski definition) is 5. The summed E-state index contributed by atoms with van der Waals surface area (Å²) < 4.78 is 9.95. The van der Waals surface area contributed by atoms with Crippen LogP contribution in [0.15, 0.2) is 42.5 Å². The Kier molecular flexibility index (Phi) is 7.36. The number of benzene rings is 2. The van der Waals surface area contributed by atoms with Crippen LogP contribution in [0.1, 0.15) is 40.1 Å². The smallest absolute Gasteiger partial charge is 0.337 e. The SMILES string of the molecule is COC(=O)c1ccc(C)c(NC(=O)[C@@H](NC(=O)c2ccccc2OC)C(C)C)c1. The van der Waals surface area contributed by atoms with Crippen LogP contribution in [0.3, 0.4) is 0 Å². The van der Waals surface area contributed by atoms with Gasteiger partial charge < -0.3 is 20.1 Å². The van der Waals surface area contributed by atoms with Gasteiger partial charge in [0, 0.05) is 5.69 Å². The molecular formula is C22H26N2O5. The third-order valence-electron chi connectivity index (χ3n) is 4.50. The van der Waals surface area contributed by atoms with Crippen molar-refractivity contribution in [3.8, 4) is 5.75 Å². The van der Waals surface area contributed by atoms with Gasteiger partial charge in [-0.3, -0.25) is 9.59 Å². The first kappa shape index (κ1) is 21.9. The van der Waals surface area contributed by atoms with E-state index < -0.39 is 17.9 Å². The Morgan fingerprint density at radius 3 is 2.31 bits per heavy atom.